The lowest BCUT2D eigenvalue weighted by Gasteiger charge is -2.15. The molecular formula is C21H23N2O2S+. The summed E-state index contributed by atoms with van der Waals surface area (Å²) in [5.74, 6) is 0.746. The van der Waals surface area contributed by atoms with Crippen molar-refractivity contribution in [2.75, 3.05) is 19.0 Å². The van der Waals surface area contributed by atoms with E-state index in [0.29, 0.717) is 6.54 Å². The lowest BCUT2D eigenvalue weighted by Crippen LogP contribution is -2.87. The maximum atomic E-state index is 12.4. The summed E-state index contributed by atoms with van der Waals surface area (Å²) in [5.41, 5.74) is 3.21. The Kier molecular flexibility index (Phi) is 6.04. The summed E-state index contributed by atoms with van der Waals surface area (Å²) in [5, 5.41) is 7.08. The average molecular weight is 367 g/mol. The topological polar surface area (TPSA) is 54.9 Å². The molecule has 0 aliphatic rings. The molecule has 4 nitrogen and oxygen atoms in total. The number of thiophene rings is 1. The van der Waals surface area contributed by atoms with Gasteiger partial charge in [0, 0.05) is 11.3 Å². The first-order valence-electron chi connectivity index (χ1n) is 8.53. The molecule has 26 heavy (non-hydrogen) atoms. The number of hydrogen-bond acceptors (Lipinski definition) is 3. The van der Waals surface area contributed by atoms with Crippen molar-refractivity contribution < 1.29 is 14.8 Å². The molecule has 0 aliphatic carbocycles. The number of aryl methyl sites for hydroxylation is 1. The van der Waals surface area contributed by atoms with E-state index in [0.717, 1.165) is 11.4 Å². The highest BCUT2D eigenvalue weighted by molar-refractivity contribution is 7.10. The van der Waals surface area contributed by atoms with Gasteiger partial charge in [-0.25, -0.2) is 0 Å². The van der Waals surface area contributed by atoms with Gasteiger partial charge < -0.3 is 15.4 Å². The molecule has 5 heteroatoms. The molecule has 1 aromatic heterocycles. The Morgan fingerprint density at radius 2 is 1.85 bits per heavy atom. The van der Waals surface area contributed by atoms with Crippen LogP contribution in [0.1, 0.15) is 22.0 Å². The minimum absolute atomic E-state index is 0.0242. The van der Waals surface area contributed by atoms with E-state index < -0.39 is 0 Å². The smallest absolute Gasteiger partial charge is 0.279 e. The molecule has 0 fully saturated rings. The summed E-state index contributed by atoms with van der Waals surface area (Å²) in [6.45, 7) is 2.43. The zero-order valence-electron chi connectivity index (χ0n) is 14.9. The summed E-state index contributed by atoms with van der Waals surface area (Å²) >= 11 is 1.71. The van der Waals surface area contributed by atoms with Crippen LogP contribution in [-0.2, 0) is 4.79 Å². The van der Waals surface area contributed by atoms with Crippen LogP contribution in [0.25, 0.3) is 0 Å². The number of hydrogen-bond donors (Lipinski definition) is 2. The fraction of sp³-hybridized carbons (Fsp3) is 0.190. The van der Waals surface area contributed by atoms with Crippen LogP contribution >= 0.6 is 11.3 Å². The summed E-state index contributed by atoms with van der Waals surface area (Å²) < 4.78 is 5.13. The van der Waals surface area contributed by atoms with Crippen LogP contribution in [0.15, 0.2) is 66.0 Å². The molecule has 0 unspecified atom stereocenters. The molecule has 0 radical (unpaired) electrons. The van der Waals surface area contributed by atoms with Gasteiger partial charge in [-0.05, 0) is 42.6 Å². The number of ether oxygens (including phenoxy) is 1. The Balaban J connectivity index is 1.65. The number of methoxy groups -OCH3 is 1. The number of carbonyl (C=O) groups is 1. The van der Waals surface area contributed by atoms with E-state index in [1.165, 1.54) is 16.0 Å². The maximum Gasteiger partial charge on any atom is 0.279 e. The fourth-order valence-electron chi connectivity index (χ4n) is 2.77. The van der Waals surface area contributed by atoms with Gasteiger partial charge in [-0.15, -0.1) is 11.3 Å². The first kappa shape index (κ1) is 18.2. The monoisotopic (exact) mass is 367 g/mol. The van der Waals surface area contributed by atoms with Crippen LogP contribution in [-0.4, -0.2) is 19.6 Å². The van der Waals surface area contributed by atoms with Crippen molar-refractivity contribution in [3.8, 4) is 5.75 Å². The van der Waals surface area contributed by atoms with Crippen LogP contribution in [0.3, 0.4) is 0 Å². The lowest BCUT2D eigenvalue weighted by molar-refractivity contribution is -0.675. The number of nitrogens with two attached hydrogens (primary N) is 1. The summed E-state index contributed by atoms with van der Waals surface area (Å²) in [4.78, 5) is 13.6. The Morgan fingerprint density at radius 1 is 1.12 bits per heavy atom. The Labute approximate surface area is 157 Å². The largest absolute Gasteiger partial charge is 0.497 e. The van der Waals surface area contributed by atoms with E-state index >= 15 is 0 Å². The van der Waals surface area contributed by atoms with Crippen LogP contribution < -0.4 is 15.4 Å². The van der Waals surface area contributed by atoms with Crippen molar-refractivity contribution in [3.05, 3.63) is 82.0 Å². The molecule has 0 saturated heterocycles. The van der Waals surface area contributed by atoms with Crippen molar-refractivity contribution in [2.45, 2.75) is 13.0 Å². The second-order valence-corrected chi connectivity index (χ2v) is 7.10. The summed E-state index contributed by atoms with van der Waals surface area (Å²) in [7, 11) is 1.62. The lowest BCUT2D eigenvalue weighted by atomic mass is 10.0. The van der Waals surface area contributed by atoms with Crippen LogP contribution in [0.4, 0.5) is 5.69 Å². The van der Waals surface area contributed by atoms with Crippen molar-refractivity contribution >= 4 is 22.9 Å². The number of benzene rings is 2. The third kappa shape index (κ3) is 4.71. The molecule has 0 aliphatic heterocycles. The number of carbonyl (C=O) groups excluding carboxylic acids is 1. The average Bonchev–Trinajstić information content (AvgIpc) is 3.18. The van der Waals surface area contributed by atoms with Gasteiger partial charge in [-0.3, -0.25) is 4.79 Å². The van der Waals surface area contributed by atoms with Gasteiger partial charge in [0.25, 0.3) is 5.91 Å². The van der Waals surface area contributed by atoms with Crippen molar-refractivity contribution in [1.29, 1.82) is 0 Å². The van der Waals surface area contributed by atoms with Gasteiger partial charge in [0.05, 0.1) is 12.0 Å². The number of rotatable bonds is 7. The zero-order chi connectivity index (χ0) is 18.4. The number of nitrogens with one attached hydrogen (secondary N) is 1. The normalized spacial score (nSPS) is 11.8. The standard InChI is InChI=1S/C21H22N2O2S/c1-15-5-7-16(8-6-15)21(19-4-3-13-26-19)22-14-20(24)23-17-9-11-18(25-2)12-10-17/h3-13,21-22H,14H2,1-2H3,(H,23,24)/p+1/t21-/m0/s1. The van der Waals surface area contributed by atoms with Gasteiger partial charge >= 0.3 is 0 Å². The summed E-state index contributed by atoms with van der Waals surface area (Å²) in [6.07, 6.45) is 0. The summed E-state index contributed by atoms with van der Waals surface area (Å²) in [6, 6.07) is 20.1. The molecule has 0 spiro atoms. The first-order chi connectivity index (χ1) is 12.7. The van der Waals surface area contributed by atoms with E-state index in [2.05, 4.69) is 53.3 Å². The molecule has 1 amide bonds. The van der Waals surface area contributed by atoms with Gasteiger partial charge in [0.2, 0.25) is 0 Å². The molecule has 0 saturated carbocycles. The molecule has 2 aromatic carbocycles. The molecule has 134 valence electrons. The SMILES string of the molecule is COc1ccc(NC(=O)C[NH2+][C@@H](c2ccc(C)cc2)c2cccs2)cc1. The molecule has 3 N–H and O–H groups in total. The number of quaternary nitrogens is 1. The van der Waals surface area contributed by atoms with Gasteiger partial charge in [-0.2, -0.15) is 0 Å². The molecule has 1 atom stereocenters. The Morgan fingerprint density at radius 3 is 2.46 bits per heavy atom. The van der Waals surface area contributed by atoms with Crippen LogP contribution in [0.5, 0.6) is 5.75 Å². The highest BCUT2D eigenvalue weighted by atomic mass is 32.1. The molecular weight excluding hydrogens is 344 g/mol. The second-order valence-electron chi connectivity index (χ2n) is 6.12. The van der Waals surface area contributed by atoms with E-state index in [4.69, 9.17) is 4.74 Å². The van der Waals surface area contributed by atoms with Crippen molar-refractivity contribution in [3.63, 3.8) is 0 Å². The predicted octanol–water partition coefficient (Wildman–Crippen LogP) is 3.36. The zero-order valence-corrected chi connectivity index (χ0v) is 15.8. The minimum Gasteiger partial charge on any atom is -0.497 e. The van der Waals surface area contributed by atoms with Crippen molar-refractivity contribution in [1.82, 2.24) is 0 Å². The van der Waals surface area contributed by atoms with Gasteiger partial charge in [-0.1, -0.05) is 35.9 Å². The third-order valence-corrected chi connectivity index (χ3v) is 5.15. The molecule has 3 rings (SSSR count). The second kappa shape index (κ2) is 8.65. The highest BCUT2D eigenvalue weighted by Gasteiger charge is 2.20. The number of anilines is 1. The Bertz CT molecular complexity index is 827. The highest BCUT2D eigenvalue weighted by Crippen LogP contribution is 2.23. The molecule has 0 bridgehead atoms. The van der Waals surface area contributed by atoms with Crippen molar-refractivity contribution in [2.24, 2.45) is 0 Å². The van der Waals surface area contributed by atoms with E-state index in [1.807, 2.05) is 30.3 Å². The third-order valence-electron chi connectivity index (χ3n) is 4.20. The minimum atomic E-state index is -0.0242. The first-order valence-corrected chi connectivity index (χ1v) is 9.41. The van der Waals surface area contributed by atoms with Gasteiger partial charge in [0.1, 0.15) is 11.8 Å². The fourth-order valence-corrected chi connectivity index (χ4v) is 3.62. The van der Waals surface area contributed by atoms with E-state index in [9.17, 15) is 4.79 Å². The van der Waals surface area contributed by atoms with Gasteiger partial charge in [0.15, 0.2) is 6.54 Å². The number of amides is 1. The van der Waals surface area contributed by atoms with E-state index in [1.54, 1.807) is 18.4 Å². The molecule has 1 heterocycles. The van der Waals surface area contributed by atoms with Crippen LogP contribution in [0, 0.1) is 6.92 Å². The van der Waals surface area contributed by atoms with Crippen LogP contribution in [0.2, 0.25) is 0 Å². The molecule has 3 aromatic rings. The predicted molar refractivity (Wildman–Crippen MR) is 106 cm³/mol. The Hall–Kier alpha value is -2.63. The van der Waals surface area contributed by atoms with E-state index in [-0.39, 0.29) is 11.9 Å². The quantitative estimate of drug-likeness (QED) is 0.673. The maximum absolute atomic E-state index is 12.4.